The minimum atomic E-state index is -3.49. The van der Waals surface area contributed by atoms with Crippen molar-refractivity contribution in [3.05, 3.63) is 33.5 Å². The van der Waals surface area contributed by atoms with Gasteiger partial charge in [0.25, 0.3) is 0 Å². The number of nitrogens with one attached hydrogen (secondary N) is 1. The minimum absolute atomic E-state index is 0.0402. The third-order valence-corrected chi connectivity index (χ3v) is 4.64. The highest BCUT2D eigenvalue weighted by atomic mass is 127. The third-order valence-electron chi connectivity index (χ3n) is 2.21. The lowest BCUT2D eigenvalue weighted by molar-refractivity contribution is 0.0692. The number of benzene rings is 1. The second-order valence-electron chi connectivity index (χ2n) is 3.88. The first-order chi connectivity index (χ1) is 9.26. The molecule has 9 heteroatoms. The number of hydrogen-bond acceptors (Lipinski definition) is 5. The molecule has 2 N–H and O–H groups in total. The predicted octanol–water partition coefficient (Wildman–Crippen LogP) is 2.48. The standard InChI is InChI=1S/C11H9IN2O4S2/c1-20(17,18)14-11-13-8(10(15)16)9(19-11)6-2-4-7(12)5-3-6/h2-5H,1H3,(H,13,14)(H,15,16). The first-order valence-corrected chi connectivity index (χ1v) is 9.03. The summed E-state index contributed by atoms with van der Waals surface area (Å²) in [5.41, 5.74) is 0.518. The zero-order valence-electron chi connectivity index (χ0n) is 10.1. The van der Waals surface area contributed by atoms with Crippen LogP contribution in [-0.2, 0) is 10.0 Å². The summed E-state index contributed by atoms with van der Waals surface area (Å²) in [4.78, 5) is 15.4. The van der Waals surface area contributed by atoms with E-state index in [1.807, 2.05) is 12.1 Å². The fourth-order valence-electron chi connectivity index (χ4n) is 1.46. The Kier molecular flexibility index (Phi) is 4.30. The van der Waals surface area contributed by atoms with Gasteiger partial charge in [0, 0.05) is 3.57 Å². The fraction of sp³-hybridized carbons (Fsp3) is 0.0909. The largest absolute Gasteiger partial charge is 0.476 e. The van der Waals surface area contributed by atoms with Crippen LogP contribution < -0.4 is 4.72 Å². The Bertz CT molecular complexity index is 753. The summed E-state index contributed by atoms with van der Waals surface area (Å²) in [7, 11) is -3.49. The first-order valence-electron chi connectivity index (χ1n) is 5.24. The third kappa shape index (κ3) is 3.67. The molecule has 106 valence electrons. The first kappa shape index (κ1) is 15.2. The van der Waals surface area contributed by atoms with Gasteiger partial charge in [0.15, 0.2) is 10.8 Å². The van der Waals surface area contributed by atoms with Crippen LogP contribution in [0.25, 0.3) is 10.4 Å². The second kappa shape index (κ2) is 5.66. The van der Waals surface area contributed by atoms with E-state index in [0.717, 1.165) is 21.2 Å². The van der Waals surface area contributed by atoms with Crippen molar-refractivity contribution in [3.8, 4) is 10.4 Å². The van der Waals surface area contributed by atoms with Gasteiger partial charge in [-0.15, -0.1) is 0 Å². The van der Waals surface area contributed by atoms with Crippen molar-refractivity contribution in [2.75, 3.05) is 11.0 Å². The molecule has 0 radical (unpaired) electrons. The predicted molar refractivity (Wildman–Crippen MR) is 85.7 cm³/mol. The van der Waals surface area contributed by atoms with Crippen molar-refractivity contribution >= 4 is 55.1 Å². The molecule has 1 aromatic carbocycles. The van der Waals surface area contributed by atoms with E-state index in [1.54, 1.807) is 12.1 Å². The van der Waals surface area contributed by atoms with E-state index in [1.165, 1.54) is 0 Å². The lowest BCUT2D eigenvalue weighted by Gasteiger charge is -1.98. The number of anilines is 1. The number of aromatic carboxylic acids is 1. The van der Waals surface area contributed by atoms with Crippen LogP contribution >= 0.6 is 33.9 Å². The maximum atomic E-state index is 11.2. The molecule has 1 aromatic heterocycles. The van der Waals surface area contributed by atoms with Crippen LogP contribution in [0.4, 0.5) is 5.13 Å². The number of sulfonamides is 1. The molecule has 0 atom stereocenters. The van der Waals surface area contributed by atoms with Gasteiger partial charge in [-0.05, 0) is 40.3 Å². The SMILES string of the molecule is CS(=O)(=O)Nc1nc(C(=O)O)c(-c2ccc(I)cc2)s1. The Morgan fingerprint density at radius 1 is 1.35 bits per heavy atom. The molecule has 0 fully saturated rings. The number of thiazole rings is 1. The molecule has 0 aliphatic heterocycles. The van der Waals surface area contributed by atoms with Gasteiger partial charge >= 0.3 is 5.97 Å². The van der Waals surface area contributed by atoms with E-state index in [2.05, 4.69) is 32.3 Å². The summed E-state index contributed by atoms with van der Waals surface area (Å²) >= 11 is 3.13. The molecule has 0 saturated carbocycles. The molecule has 2 aromatic rings. The summed E-state index contributed by atoms with van der Waals surface area (Å²) < 4.78 is 25.6. The molecule has 2 rings (SSSR count). The average Bonchev–Trinajstić information content (AvgIpc) is 2.71. The van der Waals surface area contributed by atoms with Gasteiger partial charge in [-0.2, -0.15) is 0 Å². The Morgan fingerprint density at radius 3 is 2.45 bits per heavy atom. The monoisotopic (exact) mass is 424 g/mol. The maximum absolute atomic E-state index is 11.2. The van der Waals surface area contributed by atoms with Crippen LogP contribution in [0.3, 0.4) is 0 Å². The lowest BCUT2D eigenvalue weighted by atomic mass is 10.1. The van der Waals surface area contributed by atoms with Gasteiger partial charge in [0.05, 0.1) is 11.1 Å². The van der Waals surface area contributed by atoms with Crippen LogP contribution in [0.2, 0.25) is 0 Å². The van der Waals surface area contributed by atoms with E-state index < -0.39 is 16.0 Å². The van der Waals surface area contributed by atoms with Crippen LogP contribution in [0.15, 0.2) is 24.3 Å². The number of carboxylic acids is 1. The van der Waals surface area contributed by atoms with Gasteiger partial charge in [0.2, 0.25) is 10.0 Å². The molecule has 0 aliphatic carbocycles. The number of hydrogen-bond donors (Lipinski definition) is 2. The molecule has 0 unspecified atom stereocenters. The normalized spacial score (nSPS) is 11.3. The summed E-state index contributed by atoms with van der Waals surface area (Å²) in [5.74, 6) is -1.20. The van der Waals surface area contributed by atoms with Crippen molar-refractivity contribution in [2.45, 2.75) is 0 Å². The smallest absolute Gasteiger partial charge is 0.356 e. The maximum Gasteiger partial charge on any atom is 0.356 e. The average molecular weight is 424 g/mol. The van der Waals surface area contributed by atoms with Gasteiger partial charge in [-0.1, -0.05) is 23.5 Å². The minimum Gasteiger partial charge on any atom is -0.476 e. The van der Waals surface area contributed by atoms with E-state index in [4.69, 9.17) is 5.11 Å². The lowest BCUT2D eigenvalue weighted by Crippen LogP contribution is -2.09. The molecular weight excluding hydrogens is 415 g/mol. The van der Waals surface area contributed by atoms with E-state index in [-0.39, 0.29) is 10.8 Å². The molecule has 1 heterocycles. The molecular formula is C11H9IN2O4S2. The summed E-state index contributed by atoms with van der Waals surface area (Å²) in [6, 6.07) is 7.22. The van der Waals surface area contributed by atoms with Crippen LogP contribution in [0.1, 0.15) is 10.5 Å². The zero-order valence-corrected chi connectivity index (χ0v) is 13.9. The Balaban J connectivity index is 2.51. The molecule has 0 saturated heterocycles. The number of nitrogens with zero attached hydrogens (tertiary/aromatic N) is 1. The molecule has 0 aliphatic rings. The zero-order chi connectivity index (χ0) is 14.9. The van der Waals surface area contributed by atoms with Gasteiger partial charge in [-0.3, -0.25) is 4.72 Å². The highest BCUT2D eigenvalue weighted by Crippen LogP contribution is 2.33. The summed E-state index contributed by atoms with van der Waals surface area (Å²) in [6.07, 6.45) is 0.986. The second-order valence-corrected chi connectivity index (χ2v) is 7.88. The van der Waals surface area contributed by atoms with E-state index in [9.17, 15) is 13.2 Å². The summed E-state index contributed by atoms with van der Waals surface area (Å²) in [5, 5.41) is 9.20. The number of carboxylic acid groups (broad SMARTS) is 1. The highest BCUT2D eigenvalue weighted by Gasteiger charge is 2.20. The van der Waals surface area contributed by atoms with Crippen LogP contribution in [0, 0.1) is 3.57 Å². The Hall–Kier alpha value is -1.20. The highest BCUT2D eigenvalue weighted by molar-refractivity contribution is 14.1. The van der Waals surface area contributed by atoms with Gasteiger partial charge < -0.3 is 5.11 Å². The van der Waals surface area contributed by atoms with Crippen molar-refractivity contribution in [1.29, 1.82) is 0 Å². The summed E-state index contributed by atoms with van der Waals surface area (Å²) in [6.45, 7) is 0. The number of aromatic nitrogens is 1. The molecule has 0 spiro atoms. The number of rotatable bonds is 4. The van der Waals surface area contributed by atoms with Crippen LogP contribution in [-0.4, -0.2) is 30.7 Å². The molecule has 0 amide bonds. The Morgan fingerprint density at radius 2 is 1.95 bits per heavy atom. The van der Waals surface area contributed by atoms with Crippen molar-refractivity contribution in [1.82, 2.24) is 4.98 Å². The molecule has 6 nitrogen and oxygen atoms in total. The Labute approximate surface area is 133 Å². The van der Waals surface area contributed by atoms with E-state index >= 15 is 0 Å². The number of carbonyl (C=O) groups is 1. The quantitative estimate of drug-likeness (QED) is 0.736. The number of halogens is 1. The fourth-order valence-corrected chi connectivity index (χ4v) is 3.62. The van der Waals surface area contributed by atoms with E-state index in [0.29, 0.717) is 10.4 Å². The van der Waals surface area contributed by atoms with Gasteiger partial charge in [0.1, 0.15) is 0 Å². The van der Waals surface area contributed by atoms with Crippen molar-refractivity contribution < 1.29 is 18.3 Å². The van der Waals surface area contributed by atoms with Gasteiger partial charge in [-0.25, -0.2) is 18.2 Å². The van der Waals surface area contributed by atoms with Crippen molar-refractivity contribution in [3.63, 3.8) is 0 Å². The van der Waals surface area contributed by atoms with Crippen molar-refractivity contribution in [2.24, 2.45) is 0 Å². The topological polar surface area (TPSA) is 96.4 Å². The van der Waals surface area contributed by atoms with Crippen LogP contribution in [0.5, 0.6) is 0 Å². The molecule has 20 heavy (non-hydrogen) atoms. The molecule has 0 bridgehead atoms.